The van der Waals surface area contributed by atoms with Crippen molar-refractivity contribution in [2.24, 2.45) is 5.73 Å². The van der Waals surface area contributed by atoms with Gasteiger partial charge >= 0.3 is 0 Å². The predicted molar refractivity (Wildman–Crippen MR) is 84.7 cm³/mol. The Bertz CT molecular complexity index is 477. The smallest absolute Gasteiger partial charge is 0.237 e. The van der Waals surface area contributed by atoms with E-state index in [4.69, 9.17) is 18.0 Å². The van der Waals surface area contributed by atoms with Gasteiger partial charge < -0.3 is 15.5 Å². The number of thiocarbonyl (C=S) groups is 1. The monoisotopic (exact) mass is 291 g/mol. The number of carbonyl (C=O) groups excluding carboxylic acids is 1. The normalized spacial score (nSPS) is 18.4. The molecule has 1 fully saturated rings. The molecule has 1 amide bonds. The fraction of sp³-hybridized carbons (Fsp3) is 0.467. The van der Waals surface area contributed by atoms with E-state index in [1.165, 1.54) is 0 Å². The molecule has 0 bridgehead atoms. The maximum atomic E-state index is 12.7. The molecular weight excluding hydrogens is 270 g/mol. The van der Waals surface area contributed by atoms with Crippen LogP contribution in [0.2, 0.25) is 0 Å². The van der Waals surface area contributed by atoms with Crippen molar-refractivity contribution in [3.8, 4) is 0 Å². The van der Waals surface area contributed by atoms with E-state index >= 15 is 0 Å². The zero-order valence-corrected chi connectivity index (χ0v) is 12.6. The van der Waals surface area contributed by atoms with Gasteiger partial charge in [0.25, 0.3) is 0 Å². The first-order valence-corrected chi connectivity index (χ1v) is 7.32. The van der Waals surface area contributed by atoms with Gasteiger partial charge in [-0.2, -0.15) is 0 Å². The van der Waals surface area contributed by atoms with Gasteiger partial charge in [0.15, 0.2) is 0 Å². The van der Waals surface area contributed by atoms with Crippen LogP contribution >= 0.6 is 12.2 Å². The summed E-state index contributed by atoms with van der Waals surface area (Å²) in [4.78, 5) is 17.1. The first kappa shape index (κ1) is 14.9. The molecule has 1 unspecified atom stereocenters. The highest BCUT2D eigenvalue weighted by atomic mass is 32.1. The van der Waals surface area contributed by atoms with E-state index in [1.54, 1.807) is 0 Å². The molecular formula is C15H21N3OS. The van der Waals surface area contributed by atoms with Gasteiger partial charge in [-0.1, -0.05) is 42.5 Å². The van der Waals surface area contributed by atoms with Crippen molar-refractivity contribution in [3.63, 3.8) is 0 Å². The van der Waals surface area contributed by atoms with Gasteiger partial charge in [-0.3, -0.25) is 4.79 Å². The highest BCUT2D eigenvalue weighted by Gasteiger charge is 2.28. The van der Waals surface area contributed by atoms with Crippen LogP contribution in [0.15, 0.2) is 30.3 Å². The van der Waals surface area contributed by atoms with Gasteiger partial charge in [-0.25, -0.2) is 0 Å². The molecule has 0 saturated carbocycles. The van der Waals surface area contributed by atoms with Crippen LogP contribution in [0.25, 0.3) is 0 Å². The van der Waals surface area contributed by atoms with E-state index in [2.05, 4.69) is 11.9 Å². The summed E-state index contributed by atoms with van der Waals surface area (Å²) in [6, 6.07) is 9.55. The summed E-state index contributed by atoms with van der Waals surface area (Å²) in [5.74, 6) is -0.478. The van der Waals surface area contributed by atoms with Crippen LogP contribution in [-0.4, -0.2) is 53.9 Å². The predicted octanol–water partition coefficient (Wildman–Crippen LogP) is 1.22. The highest BCUT2D eigenvalue weighted by Crippen LogP contribution is 2.20. The summed E-state index contributed by atoms with van der Waals surface area (Å²) in [6.07, 6.45) is 0.987. The second-order valence-corrected chi connectivity index (χ2v) is 5.70. The SMILES string of the molecule is CN1CCCN(C(=O)C(C(N)=S)c2ccccc2)CC1. The average Bonchev–Trinajstić information content (AvgIpc) is 2.64. The number of benzene rings is 1. The molecule has 0 spiro atoms. The number of hydrogen-bond donors (Lipinski definition) is 1. The fourth-order valence-corrected chi connectivity index (χ4v) is 2.76. The van der Waals surface area contributed by atoms with Crippen LogP contribution < -0.4 is 5.73 Å². The van der Waals surface area contributed by atoms with Crippen molar-refractivity contribution < 1.29 is 4.79 Å². The van der Waals surface area contributed by atoms with Gasteiger partial charge in [0.2, 0.25) is 5.91 Å². The molecule has 1 aromatic carbocycles. The summed E-state index contributed by atoms with van der Waals surface area (Å²) in [6.45, 7) is 3.42. The molecule has 108 valence electrons. The first-order valence-electron chi connectivity index (χ1n) is 6.91. The Balaban J connectivity index is 2.17. The van der Waals surface area contributed by atoms with E-state index < -0.39 is 5.92 Å². The summed E-state index contributed by atoms with van der Waals surface area (Å²) >= 11 is 5.12. The third kappa shape index (κ3) is 3.55. The lowest BCUT2D eigenvalue weighted by Crippen LogP contribution is -2.41. The number of likely N-dealkylation sites (N-methyl/N-ethyl adjacent to an activating group) is 1. The molecule has 2 rings (SSSR count). The topological polar surface area (TPSA) is 49.6 Å². The Labute approximate surface area is 125 Å². The summed E-state index contributed by atoms with van der Waals surface area (Å²) < 4.78 is 0. The molecule has 1 saturated heterocycles. The Hall–Kier alpha value is -1.46. The zero-order chi connectivity index (χ0) is 14.5. The van der Waals surface area contributed by atoms with E-state index in [0.29, 0.717) is 0 Å². The van der Waals surface area contributed by atoms with Gasteiger partial charge in [0.1, 0.15) is 5.92 Å². The third-order valence-electron chi connectivity index (χ3n) is 3.70. The minimum Gasteiger partial charge on any atom is -0.392 e. The van der Waals surface area contributed by atoms with Gasteiger partial charge in [-0.15, -0.1) is 0 Å². The van der Waals surface area contributed by atoms with Crippen molar-refractivity contribution >= 4 is 23.1 Å². The molecule has 0 radical (unpaired) electrons. The molecule has 1 atom stereocenters. The maximum Gasteiger partial charge on any atom is 0.237 e. The van der Waals surface area contributed by atoms with E-state index in [9.17, 15) is 4.79 Å². The van der Waals surface area contributed by atoms with E-state index in [1.807, 2.05) is 35.2 Å². The number of rotatable bonds is 3. The summed E-state index contributed by atoms with van der Waals surface area (Å²) in [5, 5.41) is 0. The zero-order valence-electron chi connectivity index (χ0n) is 11.8. The van der Waals surface area contributed by atoms with Crippen LogP contribution in [0, 0.1) is 0 Å². The quantitative estimate of drug-likeness (QED) is 0.851. The van der Waals surface area contributed by atoms with Crippen molar-refractivity contribution in [2.75, 3.05) is 33.2 Å². The Morgan fingerprint density at radius 1 is 1.20 bits per heavy atom. The Kier molecular flexibility index (Phi) is 5.09. The maximum absolute atomic E-state index is 12.7. The van der Waals surface area contributed by atoms with Crippen molar-refractivity contribution in [1.82, 2.24) is 9.80 Å². The second-order valence-electron chi connectivity index (χ2n) is 5.23. The van der Waals surface area contributed by atoms with Crippen LogP contribution in [0.4, 0.5) is 0 Å². The number of carbonyl (C=O) groups is 1. The van der Waals surface area contributed by atoms with Crippen molar-refractivity contribution in [2.45, 2.75) is 12.3 Å². The second kappa shape index (κ2) is 6.81. The molecule has 4 nitrogen and oxygen atoms in total. The third-order valence-corrected chi connectivity index (χ3v) is 3.93. The lowest BCUT2D eigenvalue weighted by atomic mass is 9.97. The molecule has 1 aliphatic heterocycles. The largest absolute Gasteiger partial charge is 0.392 e. The van der Waals surface area contributed by atoms with Gasteiger partial charge in [0, 0.05) is 19.6 Å². The standard InChI is InChI=1S/C15H21N3OS/c1-17-8-5-9-18(11-10-17)15(19)13(14(16)20)12-6-3-2-4-7-12/h2-4,6-7,13H,5,8-11H2,1H3,(H2,16,20). The van der Waals surface area contributed by atoms with Gasteiger partial charge in [0.05, 0.1) is 4.99 Å². The molecule has 1 aromatic rings. The summed E-state index contributed by atoms with van der Waals surface area (Å²) in [7, 11) is 2.08. The fourth-order valence-electron chi connectivity index (χ4n) is 2.52. The average molecular weight is 291 g/mol. The van der Waals surface area contributed by atoms with Crippen molar-refractivity contribution in [3.05, 3.63) is 35.9 Å². The minimum atomic E-state index is -0.505. The first-order chi connectivity index (χ1) is 9.59. The number of nitrogens with two attached hydrogens (primary N) is 1. The van der Waals surface area contributed by atoms with Crippen LogP contribution in [0.5, 0.6) is 0 Å². The molecule has 1 heterocycles. The Morgan fingerprint density at radius 3 is 2.55 bits per heavy atom. The molecule has 1 aliphatic rings. The lowest BCUT2D eigenvalue weighted by Gasteiger charge is -2.26. The number of amides is 1. The number of nitrogens with zero attached hydrogens (tertiary/aromatic N) is 2. The Morgan fingerprint density at radius 2 is 1.90 bits per heavy atom. The van der Waals surface area contributed by atoms with Gasteiger partial charge in [-0.05, 0) is 25.6 Å². The number of hydrogen-bond acceptors (Lipinski definition) is 3. The summed E-state index contributed by atoms with van der Waals surface area (Å²) in [5.41, 5.74) is 6.69. The minimum absolute atomic E-state index is 0.0269. The van der Waals surface area contributed by atoms with E-state index in [-0.39, 0.29) is 10.9 Å². The molecule has 20 heavy (non-hydrogen) atoms. The molecule has 5 heteroatoms. The molecule has 0 aromatic heterocycles. The van der Waals surface area contributed by atoms with Crippen molar-refractivity contribution in [1.29, 1.82) is 0 Å². The van der Waals surface area contributed by atoms with Crippen LogP contribution in [0.1, 0.15) is 17.9 Å². The van der Waals surface area contributed by atoms with Crippen LogP contribution in [0.3, 0.4) is 0 Å². The van der Waals surface area contributed by atoms with Crippen LogP contribution in [-0.2, 0) is 4.79 Å². The highest BCUT2D eigenvalue weighted by molar-refractivity contribution is 7.80. The van der Waals surface area contributed by atoms with E-state index in [0.717, 1.165) is 38.2 Å². The molecule has 0 aliphatic carbocycles. The lowest BCUT2D eigenvalue weighted by molar-refractivity contribution is -0.131. The molecule has 2 N–H and O–H groups in total.